The second-order valence-corrected chi connectivity index (χ2v) is 2.55. The standard InChI is InChI=1S/C8H5N3O2/c9-4-7-6-3-5(12)1-2-8(6)11(13)10-7/h1-3,12-13H. The molecule has 0 aliphatic heterocycles. The number of phenolic OH excluding ortho intramolecular Hbond substituents is 1. The first-order valence-electron chi connectivity index (χ1n) is 3.53. The lowest BCUT2D eigenvalue weighted by Crippen LogP contribution is -1.91. The summed E-state index contributed by atoms with van der Waals surface area (Å²) in [7, 11) is 0. The van der Waals surface area contributed by atoms with Gasteiger partial charge in [-0.15, -0.1) is 9.94 Å². The maximum atomic E-state index is 9.19. The quantitative estimate of drug-likeness (QED) is 0.581. The fourth-order valence-electron chi connectivity index (χ4n) is 1.17. The molecular weight excluding hydrogens is 170 g/mol. The van der Waals surface area contributed by atoms with Crippen molar-refractivity contribution in [2.45, 2.75) is 0 Å². The predicted molar refractivity (Wildman–Crippen MR) is 43.3 cm³/mol. The van der Waals surface area contributed by atoms with E-state index in [1.165, 1.54) is 18.2 Å². The van der Waals surface area contributed by atoms with Gasteiger partial charge in [-0.2, -0.15) is 5.26 Å². The van der Waals surface area contributed by atoms with Crippen LogP contribution in [-0.4, -0.2) is 20.3 Å². The van der Waals surface area contributed by atoms with Gasteiger partial charge in [0.15, 0.2) is 5.69 Å². The Bertz CT molecular complexity index is 510. The fourth-order valence-corrected chi connectivity index (χ4v) is 1.17. The van der Waals surface area contributed by atoms with Gasteiger partial charge in [0.2, 0.25) is 0 Å². The summed E-state index contributed by atoms with van der Waals surface area (Å²) in [5.74, 6) is 0.0389. The number of phenols is 1. The molecule has 0 radical (unpaired) electrons. The number of hydrogen-bond donors (Lipinski definition) is 2. The van der Waals surface area contributed by atoms with Crippen molar-refractivity contribution in [1.29, 1.82) is 5.26 Å². The lowest BCUT2D eigenvalue weighted by atomic mass is 10.2. The molecular formula is C8H5N3O2. The molecule has 13 heavy (non-hydrogen) atoms. The highest BCUT2D eigenvalue weighted by Gasteiger charge is 2.09. The Hall–Kier alpha value is -2.22. The Morgan fingerprint density at radius 3 is 2.92 bits per heavy atom. The maximum absolute atomic E-state index is 9.19. The molecule has 0 fully saturated rings. The molecule has 1 aromatic carbocycles. The van der Waals surface area contributed by atoms with E-state index in [1.807, 2.05) is 6.07 Å². The Labute approximate surface area is 73.0 Å². The molecule has 5 heteroatoms. The highest BCUT2D eigenvalue weighted by molar-refractivity contribution is 5.85. The van der Waals surface area contributed by atoms with Gasteiger partial charge in [0.1, 0.15) is 17.3 Å². The van der Waals surface area contributed by atoms with Crippen LogP contribution in [0.15, 0.2) is 18.2 Å². The van der Waals surface area contributed by atoms with E-state index < -0.39 is 0 Å². The van der Waals surface area contributed by atoms with Crippen molar-refractivity contribution in [1.82, 2.24) is 9.94 Å². The van der Waals surface area contributed by atoms with Gasteiger partial charge in [0, 0.05) is 5.39 Å². The van der Waals surface area contributed by atoms with Gasteiger partial charge >= 0.3 is 0 Å². The molecule has 0 aliphatic rings. The number of rotatable bonds is 0. The first-order chi connectivity index (χ1) is 6.22. The van der Waals surface area contributed by atoms with Crippen molar-refractivity contribution in [3.63, 3.8) is 0 Å². The van der Waals surface area contributed by atoms with Crippen molar-refractivity contribution in [2.24, 2.45) is 0 Å². The van der Waals surface area contributed by atoms with Crippen molar-refractivity contribution >= 4 is 10.9 Å². The van der Waals surface area contributed by atoms with Crippen LogP contribution >= 0.6 is 0 Å². The van der Waals surface area contributed by atoms with Crippen LogP contribution in [0.4, 0.5) is 0 Å². The second kappa shape index (κ2) is 2.38. The summed E-state index contributed by atoms with van der Waals surface area (Å²) >= 11 is 0. The largest absolute Gasteiger partial charge is 0.508 e. The average molecular weight is 175 g/mol. The van der Waals surface area contributed by atoms with Crippen LogP contribution in [0, 0.1) is 11.3 Å². The highest BCUT2D eigenvalue weighted by Crippen LogP contribution is 2.21. The van der Waals surface area contributed by atoms with Crippen molar-refractivity contribution < 1.29 is 10.3 Å². The third-order valence-electron chi connectivity index (χ3n) is 1.75. The molecule has 2 aromatic rings. The molecule has 0 unspecified atom stereocenters. The molecule has 2 rings (SSSR count). The van der Waals surface area contributed by atoms with E-state index in [1.54, 1.807) is 0 Å². The SMILES string of the molecule is N#Cc1nn(O)c2ccc(O)cc12. The molecule has 0 aliphatic carbocycles. The Morgan fingerprint density at radius 1 is 1.46 bits per heavy atom. The van der Waals surface area contributed by atoms with Crippen LogP contribution in [0.25, 0.3) is 10.9 Å². The smallest absolute Gasteiger partial charge is 0.174 e. The van der Waals surface area contributed by atoms with E-state index in [0.29, 0.717) is 15.7 Å². The van der Waals surface area contributed by atoms with Gasteiger partial charge in [-0.1, -0.05) is 0 Å². The Morgan fingerprint density at radius 2 is 2.23 bits per heavy atom. The predicted octanol–water partition coefficient (Wildman–Crippen LogP) is 0.851. The molecule has 0 saturated heterocycles. The second-order valence-electron chi connectivity index (χ2n) is 2.55. The summed E-state index contributed by atoms with van der Waals surface area (Å²) in [6.07, 6.45) is 0. The molecule has 0 atom stereocenters. The summed E-state index contributed by atoms with van der Waals surface area (Å²) in [6.45, 7) is 0. The molecule has 5 nitrogen and oxygen atoms in total. The van der Waals surface area contributed by atoms with Gasteiger partial charge < -0.3 is 10.3 Å². The molecule has 64 valence electrons. The average Bonchev–Trinajstić information content (AvgIpc) is 2.42. The van der Waals surface area contributed by atoms with Crippen molar-refractivity contribution in [3.05, 3.63) is 23.9 Å². The molecule has 1 aromatic heterocycles. The number of aromatic hydroxyl groups is 1. The number of nitriles is 1. The van der Waals surface area contributed by atoms with Crippen molar-refractivity contribution in [2.75, 3.05) is 0 Å². The number of benzene rings is 1. The van der Waals surface area contributed by atoms with Gasteiger partial charge in [-0.05, 0) is 18.2 Å². The summed E-state index contributed by atoms with van der Waals surface area (Å²) in [5.41, 5.74) is 0.489. The topological polar surface area (TPSA) is 82.1 Å². The number of hydrogen-bond acceptors (Lipinski definition) is 4. The van der Waals surface area contributed by atoms with E-state index >= 15 is 0 Å². The summed E-state index contributed by atoms with van der Waals surface area (Å²) in [6, 6.07) is 6.10. The third-order valence-corrected chi connectivity index (χ3v) is 1.75. The lowest BCUT2D eigenvalue weighted by molar-refractivity contribution is 0.161. The lowest BCUT2D eigenvalue weighted by Gasteiger charge is -1.92. The minimum Gasteiger partial charge on any atom is -0.508 e. The van der Waals surface area contributed by atoms with Gasteiger partial charge in [0.05, 0.1) is 0 Å². The molecule has 0 spiro atoms. The van der Waals surface area contributed by atoms with E-state index in [9.17, 15) is 5.21 Å². The van der Waals surface area contributed by atoms with Gasteiger partial charge in [-0.25, -0.2) is 0 Å². The van der Waals surface area contributed by atoms with Crippen LogP contribution in [0.3, 0.4) is 0 Å². The van der Waals surface area contributed by atoms with E-state index in [-0.39, 0.29) is 11.4 Å². The zero-order chi connectivity index (χ0) is 9.42. The maximum Gasteiger partial charge on any atom is 0.174 e. The zero-order valence-electron chi connectivity index (χ0n) is 6.47. The monoisotopic (exact) mass is 175 g/mol. The molecule has 1 heterocycles. The third kappa shape index (κ3) is 0.964. The fraction of sp³-hybridized carbons (Fsp3) is 0. The number of fused-ring (bicyclic) bond motifs is 1. The van der Waals surface area contributed by atoms with Crippen molar-refractivity contribution in [3.8, 4) is 11.8 Å². The van der Waals surface area contributed by atoms with E-state index in [2.05, 4.69) is 5.10 Å². The Balaban J connectivity index is 2.91. The summed E-state index contributed by atoms with van der Waals surface area (Å²) in [4.78, 5) is 0.618. The first-order valence-corrected chi connectivity index (χ1v) is 3.53. The van der Waals surface area contributed by atoms with Crippen LogP contribution in [0.2, 0.25) is 0 Å². The van der Waals surface area contributed by atoms with Gasteiger partial charge in [-0.3, -0.25) is 0 Å². The molecule has 0 bridgehead atoms. The zero-order valence-corrected chi connectivity index (χ0v) is 6.47. The van der Waals surface area contributed by atoms with Crippen LogP contribution in [0.1, 0.15) is 5.69 Å². The van der Waals surface area contributed by atoms with Gasteiger partial charge in [0.25, 0.3) is 0 Å². The number of aromatic nitrogens is 2. The van der Waals surface area contributed by atoms with E-state index in [4.69, 9.17) is 10.4 Å². The van der Waals surface area contributed by atoms with Crippen LogP contribution < -0.4 is 0 Å². The van der Waals surface area contributed by atoms with E-state index in [0.717, 1.165) is 0 Å². The highest BCUT2D eigenvalue weighted by atomic mass is 16.5. The number of nitrogens with zero attached hydrogens (tertiary/aromatic N) is 3. The van der Waals surface area contributed by atoms with Crippen LogP contribution in [-0.2, 0) is 0 Å². The molecule has 0 saturated carbocycles. The minimum absolute atomic E-state index is 0.0389. The molecule has 2 N–H and O–H groups in total. The summed E-state index contributed by atoms with van der Waals surface area (Å²) < 4.78 is 0. The molecule has 0 amide bonds. The summed E-state index contributed by atoms with van der Waals surface area (Å²) in [5, 5.41) is 30.9. The van der Waals surface area contributed by atoms with Crippen LogP contribution in [0.5, 0.6) is 5.75 Å². The Kier molecular flexibility index (Phi) is 1.36. The first kappa shape index (κ1) is 7.43. The normalized spacial score (nSPS) is 10.1. The minimum atomic E-state index is 0.0389.